The molecule has 0 atom stereocenters. The lowest BCUT2D eigenvalue weighted by Gasteiger charge is -2.14. The van der Waals surface area contributed by atoms with Crippen LogP contribution in [0.3, 0.4) is 0 Å². The second-order valence-electron chi connectivity index (χ2n) is 5.68. The lowest BCUT2D eigenvalue weighted by Crippen LogP contribution is -2.33. The number of ether oxygens (including phenoxy) is 1. The summed E-state index contributed by atoms with van der Waals surface area (Å²) in [7, 11) is 0. The smallest absolute Gasteiger partial charge is 0.412 e. The number of hydrogen-bond acceptors (Lipinski definition) is 3. The molecule has 0 spiro atoms. The summed E-state index contributed by atoms with van der Waals surface area (Å²) >= 11 is 0. The van der Waals surface area contributed by atoms with E-state index in [0.29, 0.717) is 0 Å². The summed E-state index contributed by atoms with van der Waals surface area (Å²) < 4.78 is 5.37. The van der Waals surface area contributed by atoms with Gasteiger partial charge in [0.15, 0.2) is 0 Å². The summed E-state index contributed by atoms with van der Waals surface area (Å²) in [6.07, 6.45) is 2.07. The number of amides is 3. The number of nitrogens with one attached hydrogen (secondary N) is 1. The second-order valence-corrected chi connectivity index (χ2v) is 5.68. The second kappa shape index (κ2) is 6.24. The van der Waals surface area contributed by atoms with E-state index in [0.717, 1.165) is 11.1 Å². The van der Waals surface area contributed by atoms with Crippen LogP contribution >= 0.6 is 0 Å². The Morgan fingerprint density at radius 2 is 1.68 bits per heavy atom. The molecule has 2 aromatic carbocycles. The van der Waals surface area contributed by atoms with Crippen LogP contribution in [0.4, 0.5) is 9.59 Å². The number of alkyl carbamates (subject to hydrolysis) is 1. The first kappa shape index (κ1) is 15.1. The fraction of sp³-hybridized carbons (Fsp3) is 0.105. The molecule has 3 amide bonds. The number of fused-ring (bicyclic) bond motifs is 3. The largest absolute Gasteiger partial charge is 0.448 e. The van der Waals surface area contributed by atoms with Gasteiger partial charge in [0.2, 0.25) is 0 Å². The van der Waals surface area contributed by atoms with Crippen molar-refractivity contribution in [2.45, 2.75) is 5.92 Å². The Morgan fingerprint density at radius 3 is 2.32 bits per heavy atom. The first-order chi connectivity index (χ1) is 12.2. The standard InChI is InChI=1S/C19H14N3O3/c23-18-20-10-9-17(21-18)22-19(24)25-11-16-14-7-3-1-5-12(14)13-6-2-4-8-15(13)16/h1-10,16H,11H2,(H,21,22,23,24). The van der Waals surface area contributed by atoms with Gasteiger partial charge in [-0.1, -0.05) is 48.5 Å². The van der Waals surface area contributed by atoms with Gasteiger partial charge < -0.3 is 4.74 Å². The maximum Gasteiger partial charge on any atom is 0.412 e. The number of hydrogen-bond donors (Lipinski definition) is 1. The number of carbonyl (C=O) groups is 2. The lowest BCUT2D eigenvalue weighted by molar-refractivity contribution is 0.148. The highest BCUT2D eigenvalue weighted by Crippen LogP contribution is 2.44. The quantitative estimate of drug-likeness (QED) is 0.917. The number of carbonyl (C=O) groups excluding carboxylic acids is 2. The molecule has 0 saturated carbocycles. The van der Waals surface area contributed by atoms with E-state index in [2.05, 4.69) is 39.9 Å². The lowest BCUT2D eigenvalue weighted by atomic mass is 9.98. The van der Waals surface area contributed by atoms with Crippen molar-refractivity contribution in [3.05, 3.63) is 71.9 Å². The number of aliphatic imine (C=N–C) groups is 1. The van der Waals surface area contributed by atoms with Gasteiger partial charge in [-0.25, -0.2) is 9.59 Å². The van der Waals surface area contributed by atoms with E-state index < -0.39 is 12.1 Å². The van der Waals surface area contributed by atoms with Crippen LogP contribution in [-0.4, -0.2) is 24.6 Å². The highest BCUT2D eigenvalue weighted by atomic mass is 16.5. The van der Waals surface area contributed by atoms with Gasteiger partial charge in [0.25, 0.3) is 0 Å². The Balaban J connectivity index is 1.49. The van der Waals surface area contributed by atoms with E-state index in [1.54, 1.807) is 0 Å². The molecule has 0 bridgehead atoms. The molecule has 1 N–H and O–H groups in total. The van der Waals surface area contributed by atoms with Gasteiger partial charge in [0.1, 0.15) is 12.4 Å². The molecule has 1 aliphatic carbocycles. The Labute approximate surface area is 144 Å². The predicted molar refractivity (Wildman–Crippen MR) is 92.3 cm³/mol. The summed E-state index contributed by atoms with van der Waals surface area (Å²) in [6, 6.07) is 15.6. The highest BCUT2D eigenvalue weighted by molar-refractivity contribution is 6.08. The van der Waals surface area contributed by atoms with Crippen LogP contribution in [0.25, 0.3) is 11.1 Å². The van der Waals surface area contributed by atoms with Gasteiger partial charge in [0.05, 0.1) is 0 Å². The molecule has 6 nitrogen and oxygen atoms in total. The maximum atomic E-state index is 12.0. The maximum absolute atomic E-state index is 12.0. The molecule has 0 fully saturated rings. The van der Waals surface area contributed by atoms with Crippen molar-refractivity contribution in [3.63, 3.8) is 0 Å². The van der Waals surface area contributed by atoms with Crippen LogP contribution in [0, 0.1) is 0 Å². The Hall–Kier alpha value is -3.41. The molecule has 1 aliphatic heterocycles. The minimum absolute atomic E-state index is 0.0152. The van der Waals surface area contributed by atoms with Crippen LogP contribution in [0.1, 0.15) is 17.0 Å². The molecule has 1 heterocycles. The van der Waals surface area contributed by atoms with Gasteiger partial charge in [-0.3, -0.25) is 5.32 Å². The molecule has 2 aromatic rings. The van der Waals surface area contributed by atoms with Crippen LogP contribution < -0.4 is 10.6 Å². The predicted octanol–water partition coefficient (Wildman–Crippen LogP) is 3.18. The third kappa shape index (κ3) is 2.89. The van der Waals surface area contributed by atoms with Gasteiger partial charge in [-0.15, -0.1) is 0 Å². The first-order valence-electron chi connectivity index (χ1n) is 7.84. The van der Waals surface area contributed by atoms with E-state index in [1.807, 2.05) is 24.3 Å². The Bertz CT molecular complexity index is 872. The minimum atomic E-state index is -0.656. The molecule has 0 unspecified atom stereocenters. The van der Waals surface area contributed by atoms with Crippen molar-refractivity contribution in [3.8, 4) is 11.1 Å². The molecule has 4 rings (SSSR count). The fourth-order valence-electron chi connectivity index (χ4n) is 3.15. The van der Waals surface area contributed by atoms with Gasteiger partial charge in [-0.05, 0) is 28.3 Å². The van der Waals surface area contributed by atoms with Crippen LogP contribution in [0.15, 0.2) is 65.8 Å². The van der Waals surface area contributed by atoms with Gasteiger partial charge >= 0.3 is 12.1 Å². The average Bonchev–Trinajstić information content (AvgIpc) is 2.94. The number of urea groups is 1. The van der Waals surface area contributed by atoms with E-state index in [4.69, 9.17) is 4.74 Å². The number of rotatable bonds is 2. The van der Waals surface area contributed by atoms with Crippen molar-refractivity contribution in [1.82, 2.24) is 10.6 Å². The number of nitrogens with zero attached hydrogens (tertiary/aromatic N) is 2. The molecular formula is C19H14N3O3. The van der Waals surface area contributed by atoms with Gasteiger partial charge in [0, 0.05) is 12.1 Å². The van der Waals surface area contributed by atoms with E-state index in [9.17, 15) is 9.59 Å². The topological polar surface area (TPSA) is 81.9 Å². The summed E-state index contributed by atoms with van der Waals surface area (Å²) in [5.41, 5.74) is 4.61. The van der Waals surface area contributed by atoms with E-state index in [1.165, 1.54) is 23.4 Å². The SMILES string of the molecule is O=C1[N]C=CC(NC(=O)OCC2c3ccccc3-c3ccccc32)=N1. The molecule has 0 aromatic heterocycles. The van der Waals surface area contributed by atoms with Gasteiger partial charge in [-0.2, -0.15) is 10.3 Å². The molecule has 0 saturated heterocycles. The van der Waals surface area contributed by atoms with Crippen molar-refractivity contribution in [2.75, 3.05) is 6.61 Å². The monoisotopic (exact) mass is 332 g/mol. The summed E-state index contributed by atoms with van der Waals surface area (Å²) in [6.45, 7) is 0.204. The zero-order valence-electron chi connectivity index (χ0n) is 13.2. The summed E-state index contributed by atoms with van der Waals surface area (Å²) in [4.78, 5) is 26.7. The molecule has 25 heavy (non-hydrogen) atoms. The van der Waals surface area contributed by atoms with Crippen molar-refractivity contribution in [1.29, 1.82) is 0 Å². The average molecular weight is 332 g/mol. The molecule has 123 valence electrons. The third-order valence-electron chi connectivity index (χ3n) is 4.21. The fourth-order valence-corrected chi connectivity index (χ4v) is 3.15. The minimum Gasteiger partial charge on any atom is -0.448 e. The third-order valence-corrected chi connectivity index (χ3v) is 4.21. The Kier molecular flexibility index (Phi) is 3.78. The van der Waals surface area contributed by atoms with E-state index >= 15 is 0 Å². The molecule has 6 heteroatoms. The summed E-state index contributed by atoms with van der Waals surface area (Å²) in [5, 5.41) is 5.89. The van der Waals surface area contributed by atoms with Crippen molar-refractivity contribution < 1.29 is 14.3 Å². The molecule has 1 radical (unpaired) electrons. The highest BCUT2D eigenvalue weighted by Gasteiger charge is 2.29. The first-order valence-corrected chi connectivity index (χ1v) is 7.84. The number of amidine groups is 1. The zero-order chi connectivity index (χ0) is 17.2. The van der Waals surface area contributed by atoms with E-state index in [-0.39, 0.29) is 18.4 Å². The van der Waals surface area contributed by atoms with Crippen molar-refractivity contribution in [2.24, 2.45) is 4.99 Å². The normalized spacial score (nSPS) is 15.0. The zero-order valence-corrected chi connectivity index (χ0v) is 13.2. The molecule has 2 aliphatic rings. The van der Waals surface area contributed by atoms with Crippen LogP contribution in [0.2, 0.25) is 0 Å². The summed E-state index contributed by atoms with van der Waals surface area (Å²) in [5.74, 6) is 0.107. The Morgan fingerprint density at radius 1 is 1.04 bits per heavy atom. The number of benzene rings is 2. The molecular weight excluding hydrogens is 318 g/mol. The van der Waals surface area contributed by atoms with Crippen LogP contribution in [0.5, 0.6) is 0 Å². The van der Waals surface area contributed by atoms with Crippen LogP contribution in [-0.2, 0) is 4.74 Å². The van der Waals surface area contributed by atoms with Crippen molar-refractivity contribution >= 4 is 18.0 Å².